The van der Waals surface area contributed by atoms with Gasteiger partial charge in [-0.3, -0.25) is 37.4 Å². The van der Waals surface area contributed by atoms with E-state index in [9.17, 15) is 44.2 Å². The van der Waals surface area contributed by atoms with Crippen LogP contribution >= 0.6 is 0 Å². The van der Waals surface area contributed by atoms with Gasteiger partial charge in [-0.15, -0.1) is 20.5 Å². The van der Waals surface area contributed by atoms with E-state index in [0.29, 0.717) is 20.8 Å². The molecule has 0 atom stereocenters. The molecule has 0 saturated heterocycles. The number of rotatable bonds is 10. The van der Waals surface area contributed by atoms with Gasteiger partial charge in [-0.05, 0) is 65.8 Å². The van der Waals surface area contributed by atoms with Crippen molar-refractivity contribution >= 4 is 40.6 Å². The van der Waals surface area contributed by atoms with Gasteiger partial charge in [0, 0.05) is 40.5 Å². The van der Waals surface area contributed by atoms with Crippen molar-refractivity contribution in [3.05, 3.63) is 120 Å². The SMILES string of the molecule is COC(=O)Cn1c(O)c(N=Nc2c(C#N)cnn2-c2ccccn2)c(=O)n(C(C)(C)C)c1=O.[C-]#[N+]c1cnn(-c2ccccn2)c1N=Nc1c(O)n(CC(=O)OC)c(=O)n(C(C)(C)C)c1=O.[Fe]. The first-order chi connectivity index (χ1) is 31.2. The zero-order valence-electron chi connectivity index (χ0n) is 36.9. The van der Waals surface area contributed by atoms with Gasteiger partial charge in [0.25, 0.3) is 16.8 Å². The van der Waals surface area contributed by atoms with Gasteiger partial charge in [0.15, 0.2) is 23.3 Å². The summed E-state index contributed by atoms with van der Waals surface area (Å²) in [5.41, 5.74) is -6.89. The molecule has 0 aliphatic rings. The third kappa shape index (κ3) is 10.8. The topological polar surface area (TPSA) is 320 Å². The molecule has 67 heavy (non-hydrogen) atoms. The Hall–Kier alpha value is -8.68. The molecule has 0 aromatic carbocycles. The molecule has 0 fully saturated rings. The quantitative estimate of drug-likeness (QED) is 0.0856. The van der Waals surface area contributed by atoms with Gasteiger partial charge in [0.2, 0.25) is 23.1 Å². The number of hydrogen-bond donors (Lipinski definition) is 2. The molecule has 0 bridgehead atoms. The van der Waals surface area contributed by atoms with Crippen molar-refractivity contribution in [2.75, 3.05) is 14.2 Å². The Morgan fingerprint density at radius 3 is 1.51 bits per heavy atom. The normalized spacial score (nSPS) is 11.3. The van der Waals surface area contributed by atoms with Gasteiger partial charge in [-0.2, -0.15) is 20.1 Å². The number of esters is 2. The fraction of sp³-hybridized carbons (Fsp3) is 0.300. The van der Waals surface area contributed by atoms with E-state index >= 15 is 0 Å². The fourth-order valence-electron chi connectivity index (χ4n) is 5.80. The molecule has 2 N–H and O–H groups in total. The summed E-state index contributed by atoms with van der Waals surface area (Å²) in [6.45, 7) is 15.6. The molecule has 6 aromatic heterocycles. The van der Waals surface area contributed by atoms with Crippen molar-refractivity contribution in [1.82, 2.24) is 47.8 Å². The monoisotopic (exact) mass is 960 g/mol. The van der Waals surface area contributed by atoms with Crippen LogP contribution in [0.2, 0.25) is 0 Å². The molecule has 6 rings (SSSR count). The van der Waals surface area contributed by atoms with E-state index in [1.807, 2.05) is 6.07 Å². The predicted octanol–water partition coefficient (Wildman–Crippen LogP) is 3.70. The van der Waals surface area contributed by atoms with Gasteiger partial charge >= 0.3 is 23.3 Å². The molecule has 0 aliphatic heterocycles. The Kier molecular flexibility index (Phi) is 15.9. The Bertz CT molecular complexity index is 3000. The first kappa shape index (κ1) is 51.0. The van der Waals surface area contributed by atoms with Crippen molar-refractivity contribution in [2.24, 2.45) is 20.5 Å². The molecule has 6 aromatic rings. The van der Waals surface area contributed by atoms with Crippen LogP contribution in [0.25, 0.3) is 16.5 Å². The maximum atomic E-state index is 13.1. The van der Waals surface area contributed by atoms with E-state index in [2.05, 4.69) is 54.9 Å². The third-order valence-electron chi connectivity index (χ3n) is 8.89. The fourth-order valence-corrected chi connectivity index (χ4v) is 5.80. The molecule has 0 spiro atoms. The number of ether oxygens (including phenoxy) is 2. The summed E-state index contributed by atoms with van der Waals surface area (Å²) < 4.78 is 14.6. The average Bonchev–Trinajstić information content (AvgIpc) is 3.90. The van der Waals surface area contributed by atoms with Crippen LogP contribution in [-0.2, 0) is 60.3 Å². The second-order valence-corrected chi connectivity index (χ2v) is 15.4. The van der Waals surface area contributed by atoms with Gasteiger partial charge in [0.1, 0.15) is 24.7 Å². The van der Waals surface area contributed by atoms with Crippen LogP contribution in [0.3, 0.4) is 0 Å². The number of hydrogen-bond acceptors (Lipinski definition) is 19. The molecule has 0 saturated carbocycles. The number of nitrogens with zero attached hydrogens (tertiary/aromatic N) is 16. The zero-order chi connectivity index (χ0) is 48.7. The van der Waals surface area contributed by atoms with Crippen LogP contribution < -0.4 is 22.5 Å². The first-order valence-corrected chi connectivity index (χ1v) is 19.1. The van der Waals surface area contributed by atoms with Crippen LogP contribution in [-0.4, -0.2) is 84.2 Å². The minimum Gasteiger partial charge on any atom is -0.493 e. The van der Waals surface area contributed by atoms with Gasteiger partial charge in [-0.25, -0.2) is 29.1 Å². The number of carbonyl (C=O) groups excluding carboxylic acids is 2. The predicted molar refractivity (Wildman–Crippen MR) is 229 cm³/mol. The Morgan fingerprint density at radius 2 is 1.13 bits per heavy atom. The second kappa shape index (κ2) is 20.9. The number of aromatic nitrogens is 10. The van der Waals surface area contributed by atoms with Crippen molar-refractivity contribution in [3.63, 3.8) is 0 Å². The minimum atomic E-state index is -1.02. The van der Waals surface area contributed by atoms with Crippen molar-refractivity contribution in [1.29, 1.82) is 5.26 Å². The summed E-state index contributed by atoms with van der Waals surface area (Å²) in [5, 5.41) is 54.4. The Balaban J connectivity index is 0.000000288. The number of pyridine rings is 2. The standard InChI is InChI=1S/2C20H20N8O5.Fe/c1-20(2,3)27-18(31)15(17(30)26(19(27)32)11-14(29)33-5)24-25-16-12(21-4)10-23-28(16)13-8-6-7-9-22-13;1-20(2,3)27-18(31)15(17(30)26(19(27)32)11-14(29)33-4)24-25-16-12(9-21)10-23-28(16)13-7-5-6-8-22-13;/h6-10,30H,11H2,1-3,5H3;5-8,10,30H,11H2,1-4H3;. The summed E-state index contributed by atoms with van der Waals surface area (Å²) >= 11 is 0. The summed E-state index contributed by atoms with van der Waals surface area (Å²) in [6.07, 6.45) is 5.53. The molecule has 0 radical (unpaired) electrons. The number of carbonyl (C=O) groups is 2. The average molecular weight is 961 g/mol. The smallest absolute Gasteiger partial charge is 0.334 e. The van der Waals surface area contributed by atoms with Crippen molar-refractivity contribution in [3.8, 4) is 29.5 Å². The number of azo groups is 2. The van der Waals surface area contributed by atoms with Crippen LogP contribution in [0.1, 0.15) is 47.1 Å². The summed E-state index contributed by atoms with van der Waals surface area (Å²) in [4.78, 5) is 87.0. The molecule has 0 amide bonds. The van der Waals surface area contributed by atoms with E-state index in [0.717, 1.165) is 23.4 Å². The number of nitriles is 1. The first-order valence-electron chi connectivity index (χ1n) is 19.1. The third-order valence-corrected chi connectivity index (χ3v) is 8.89. The molecular weight excluding hydrogens is 920 g/mol. The van der Waals surface area contributed by atoms with E-state index < -0.39 is 81.7 Å². The number of aromatic hydroxyl groups is 2. The van der Waals surface area contributed by atoms with E-state index in [4.69, 9.17) is 6.57 Å². The number of methoxy groups -OCH3 is 2. The van der Waals surface area contributed by atoms with Crippen LogP contribution in [0.15, 0.2) is 101 Å². The molecule has 26 nitrogen and oxygen atoms in total. The minimum absolute atomic E-state index is 0. The molecule has 348 valence electrons. The van der Waals surface area contributed by atoms with Crippen molar-refractivity contribution in [2.45, 2.75) is 65.7 Å². The molecule has 0 unspecified atom stereocenters. The summed E-state index contributed by atoms with van der Waals surface area (Å²) in [5.74, 6) is -2.81. The largest absolute Gasteiger partial charge is 0.493 e. The maximum Gasteiger partial charge on any atom is 0.334 e. The molecular formula is C40H40FeN16O10. The zero-order valence-corrected chi connectivity index (χ0v) is 38.0. The van der Waals surface area contributed by atoms with E-state index in [1.54, 1.807) is 77.9 Å². The molecule has 27 heteroatoms. The van der Waals surface area contributed by atoms with Gasteiger partial charge < -0.3 is 19.7 Å². The van der Waals surface area contributed by atoms with Crippen LogP contribution in [0.5, 0.6) is 11.8 Å². The molecule has 0 aliphatic carbocycles. The van der Waals surface area contributed by atoms with Gasteiger partial charge in [0.05, 0.1) is 33.2 Å². The maximum absolute atomic E-state index is 13.1. The van der Waals surface area contributed by atoms with Crippen LogP contribution in [0.4, 0.5) is 28.7 Å². The Morgan fingerprint density at radius 1 is 0.716 bits per heavy atom. The van der Waals surface area contributed by atoms with Crippen molar-refractivity contribution < 1.29 is 46.3 Å². The summed E-state index contributed by atoms with van der Waals surface area (Å²) in [6, 6.07) is 12.0. The van der Waals surface area contributed by atoms with Crippen LogP contribution in [0, 0.1) is 17.9 Å². The Labute approximate surface area is 388 Å². The second-order valence-electron chi connectivity index (χ2n) is 15.4. The van der Waals surface area contributed by atoms with Gasteiger partial charge in [-0.1, -0.05) is 12.1 Å². The summed E-state index contributed by atoms with van der Waals surface area (Å²) in [7, 11) is 2.24. The van der Waals surface area contributed by atoms with E-state index in [1.165, 1.54) is 34.2 Å². The van der Waals surface area contributed by atoms with E-state index in [-0.39, 0.29) is 40.0 Å². The molecule has 6 heterocycles.